The molecule has 2 rings (SSSR count). The van der Waals surface area contributed by atoms with Gasteiger partial charge in [0, 0.05) is 17.7 Å². The maximum absolute atomic E-state index is 13.9. The summed E-state index contributed by atoms with van der Waals surface area (Å²) in [6.45, 7) is 0.0197. The summed E-state index contributed by atoms with van der Waals surface area (Å²) in [5, 5.41) is 10.7. The predicted molar refractivity (Wildman–Crippen MR) is 72.7 cm³/mol. The Bertz CT molecular complexity index is 481. The molecule has 0 aromatic heterocycles. The Labute approximate surface area is 117 Å². The first-order valence-corrected chi connectivity index (χ1v) is 6.88. The summed E-state index contributed by atoms with van der Waals surface area (Å²) in [6.07, 6.45) is 4.94. The van der Waals surface area contributed by atoms with Gasteiger partial charge in [-0.15, -0.1) is 0 Å². The average molecular weight is 282 g/mol. The number of benzene rings is 1. The predicted octanol–water partition coefficient (Wildman–Crippen LogP) is 2.91. The number of hydrogen-bond acceptors (Lipinski definition) is 4. The van der Waals surface area contributed by atoms with E-state index in [0.717, 1.165) is 38.2 Å². The molecule has 2 N–H and O–H groups in total. The van der Waals surface area contributed by atoms with E-state index in [9.17, 15) is 14.5 Å². The zero-order valence-electron chi connectivity index (χ0n) is 11.3. The molecule has 5 nitrogen and oxygen atoms in total. The third kappa shape index (κ3) is 3.52. The molecule has 2 atom stereocenters. The summed E-state index contributed by atoms with van der Waals surface area (Å²) in [5.41, 5.74) is 5.72. The van der Waals surface area contributed by atoms with Crippen molar-refractivity contribution in [2.45, 2.75) is 50.9 Å². The normalized spacial score (nSPS) is 23.3. The monoisotopic (exact) mass is 282 g/mol. The summed E-state index contributed by atoms with van der Waals surface area (Å²) in [7, 11) is 0. The molecule has 0 amide bonds. The molecule has 2 unspecified atom stereocenters. The van der Waals surface area contributed by atoms with Gasteiger partial charge in [-0.3, -0.25) is 10.1 Å². The van der Waals surface area contributed by atoms with E-state index in [1.165, 1.54) is 12.1 Å². The maximum atomic E-state index is 13.9. The van der Waals surface area contributed by atoms with E-state index in [4.69, 9.17) is 10.5 Å². The minimum absolute atomic E-state index is 0.0197. The van der Waals surface area contributed by atoms with Gasteiger partial charge >= 0.3 is 5.69 Å². The highest BCUT2D eigenvalue weighted by atomic mass is 19.1. The van der Waals surface area contributed by atoms with Crippen molar-refractivity contribution in [3.8, 4) is 0 Å². The number of nitro groups is 1. The fraction of sp³-hybridized carbons (Fsp3) is 0.571. The van der Waals surface area contributed by atoms with Gasteiger partial charge in [0.25, 0.3) is 0 Å². The van der Waals surface area contributed by atoms with E-state index in [1.807, 2.05) is 0 Å². The smallest absolute Gasteiger partial charge is 0.305 e. The highest BCUT2D eigenvalue weighted by Gasteiger charge is 2.23. The second-order valence-electron chi connectivity index (χ2n) is 5.16. The van der Waals surface area contributed by atoms with Crippen LogP contribution < -0.4 is 5.73 Å². The Morgan fingerprint density at radius 3 is 2.85 bits per heavy atom. The van der Waals surface area contributed by atoms with Crippen LogP contribution in [0.1, 0.15) is 37.7 Å². The highest BCUT2D eigenvalue weighted by molar-refractivity contribution is 5.36. The number of nitrogens with two attached hydrogens (primary N) is 1. The molecule has 110 valence electrons. The molecule has 1 saturated carbocycles. The Balaban J connectivity index is 2.03. The number of ether oxygens (including phenoxy) is 1. The van der Waals surface area contributed by atoms with E-state index in [-0.39, 0.29) is 24.3 Å². The zero-order chi connectivity index (χ0) is 14.5. The summed E-state index contributed by atoms with van der Waals surface area (Å²) < 4.78 is 19.6. The van der Waals surface area contributed by atoms with Gasteiger partial charge in [-0.05, 0) is 12.8 Å². The van der Waals surface area contributed by atoms with Gasteiger partial charge in [0.2, 0.25) is 5.82 Å². The van der Waals surface area contributed by atoms with E-state index >= 15 is 0 Å². The van der Waals surface area contributed by atoms with Gasteiger partial charge in [-0.2, -0.15) is 4.39 Å². The molecule has 6 heteroatoms. The molecule has 0 spiro atoms. The SMILES string of the molecule is NC1CCCCCC1OCc1cccc([N+](=O)[O-])c1F. The molecule has 0 heterocycles. The van der Waals surface area contributed by atoms with Crippen molar-refractivity contribution < 1.29 is 14.1 Å². The van der Waals surface area contributed by atoms with Crippen LogP contribution in [0, 0.1) is 15.9 Å². The van der Waals surface area contributed by atoms with Crippen LogP contribution in [0.2, 0.25) is 0 Å². The fourth-order valence-corrected chi connectivity index (χ4v) is 2.52. The number of nitrogens with zero attached hydrogens (tertiary/aromatic N) is 1. The van der Waals surface area contributed by atoms with Crippen LogP contribution in [-0.2, 0) is 11.3 Å². The van der Waals surface area contributed by atoms with Crippen molar-refractivity contribution in [3.05, 3.63) is 39.7 Å². The molecular formula is C14H19FN2O3. The highest BCUT2D eigenvalue weighted by Crippen LogP contribution is 2.24. The van der Waals surface area contributed by atoms with Gasteiger partial charge in [0.15, 0.2) is 0 Å². The van der Waals surface area contributed by atoms with Crippen molar-refractivity contribution in [1.82, 2.24) is 0 Å². The largest absolute Gasteiger partial charge is 0.372 e. The van der Waals surface area contributed by atoms with Crippen LogP contribution in [0.25, 0.3) is 0 Å². The zero-order valence-corrected chi connectivity index (χ0v) is 11.3. The van der Waals surface area contributed by atoms with Crippen LogP contribution in [-0.4, -0.2) is 17.1 Å². The third-order valence-electron chi connectivity index (χ3n) is 3.71. The van der Waals surface area contributed by atoms with Crippen LogP contribution in [0.15, 0.2) is 18.2 Å². The Hall–Kier alpha value is -1.53. The minimum Gasteiger partial charge on any atom is -0.372 e. The van der Waals surface area contributed by atoms with Crippen LogP contribution in [0.3, 0.4) is 0 Å². The van der Waals surface area contributed by atoms with Crippen LogP contribution in [0.5, 0.6) is 0 Å². The first-order chi connectivity index (χ1) is 9.59. The van der Waals surface area contributed by atoms with Crippen molar-refractivity contribution in [2.75, 3.05) is 0 Å². The molecule has 0 aliphatic heterocycles. The first-order valence-electron chi connectivity index (χ1n) is 6.88. The molecule has 0 bridgehead atoms. The lowest BCUT2D eigenvalue weighted by Crippen LogP contribution is -2.35. The van der Waals surface area contributed by atoms with Gasteiger partial charge < -0.3 is 10.5 Å². The summed E-state index contributed by atoms with van der Waals surface area (Å²) >= 11 is 0. The summed E-state index contributed by atoms with van der Waals surface area (Å²) in [6, 6.07) is 4.08. The van der Waals surface area contributed by atoms with E-state index in [0.29, 0.717) is 0 Å². The topological polar surface area (TPSA) is 78.4 Å². The molecule has 1 aliphatic carbocycles. The molecule has 0 radical (unpaired) electrons. The van der Waals surface area contributed by atoms with Gasteiger partial charge in [0.05, 0.1) is 17.6 Å². The molecule has 1 fully saturated rings. The molecule has 1 aromatic rings. The van der Waals surface area contributed by atoms with Crippen molar-refractivity contribution in [3.63, 3.8) is 0 Å². The Morgan fingerprint density at radius 1 is 1.35 bits per heavy atom. The van der Waals surface area contributed by atoms with E-state index in [2.05, 4.69) is 0 Å². The molecule has 1 aliphatic rings. The molecule has 1 aromatic carbocycles. The van der Waals surface area contributed by atoms with Gasteiger partial charge in [0.1, 0.15) is 0 Å². The standard InChI is InChI=1S/C14H19FN2O3/c15-14-10(5-4-7-12(14)17(18)19)9-20-13-8-3-1-2-6-11(13)16/h4-5,7,11,13H,1-3,6,8-9,16H2. The van der Waals surface area contributed by atoms with Crippen molar-refractivity contribution in [2.24, 2.45) is 5.73 Å². The lowest BCUT2D eigenvalue weighted by molar-refractivity contribution is -0.387. The molecular weight excluding hydrogens is 263 g/mol. The Kier molecular flexibility index (Phi) is 5.03. The third-order valence-corrected chi connectivity index (χ3v) is 3.71. The summed E-state index contributed by atoms with van der Waals surface area (Å²) in [5.74, 6) is -0.820. The van der Waals surface area contributed by atoms with Crippen molar-refractivity contribution in [1.29, 1.82) is 0 Å². The minimum atomic E-state index is -0.820. The lowest BCUT2D eigenvalue weighted by Gasteiger charge is -2.21. The quantitative estimate of drug-likeness (QED) is 0.523. The lowest BCUT2D eigenvalue weighted by atomic mass is 10.1. The second kappa shape index (κ2) is 6.76. The number of nitro benzene ring substituents is 1. The number of rotatable bonds is 4. The summed E-state index contributed by atoms with van der Waals surface area (Å²) in [4.78, 5) is 9.96. The molecule has 20 heavy (non-hydrogen) atoms. The number of hydrogen-bond donors (Lipinski definition) is 1. The van der Waals surface area contributed by atoms with Gasteiger partial charge in [-0.25, -0.2) is 0 Å². The number of halogens is 1. The first kappa shape index (κ1) is 14.9. The van der Waals surface area contributed by atoms with Crippen LogP contribution in [0.4, 0.5) is 10.1 Å². The van der Waals surface area contributed by atoms with E-state index in [1.54, 1.807) is 0 Å². The van der Waals surface area contributed by atoms with Crippen molar-refractivity contribution >= 4 is 5.69 Å². The molecule has 0 saturated heterocycles. The fourth-order valence-electron chi connectivity index (χ4n) is 2.52. The van der Waals surface area contributed by atoms with Crippen LogP contribution >= 0.6 is 0 Å². The van der Waals surface area contributed by atoms with E-state index < -0.39 is 16.4 Å². The second-order valence-corrected chi connectivity index (χ2v) is 5.16. The average Bonchev–Trinajstić information content (AvgIpc) is 2.62. The Morgan fingerprint density at radius 2 is 2.10 bits per heavy atom. The maximum Gasteiger partial charge on any atom is 0.305 e. The van der Waals surface area contributed by atoms with Gasteiger partial charge in [-0.1, -0.05) is 31.4 Å².